The molecule has 0 bridgehead atoms. The zero-order valence-electron chi connectivity index (χ0n) is 19.1. The number of benzene rings is 2. The summed E-state index contributed by atoms with van der Waals surface area (Å²) in [7, 11) is 1.19. The fourth-order valence-corrected chi connectivity index (χ4v) is 3.63. The average Bonchev–Trinajstić information content (AvgIpc) is 3.37. The van der Waals surface area contributed by atoms with Crippen molar-refractivity contribution in [2.24, 2.45) is 5.10 Å². The Bertz CT molecular complexity index is 1340. The molecule has 0 saturated heterocycles. The highest BCUT2D eigenvalue weighted by Crippen LogP contribution is 2.39. The summed E-state index contributed by atoms with van der Waals surface area (Å²) < 4.78 is 10.0. The molecule has 36 heavy (non-hydrogen) atoms. The Morgan fingerprint density at radius 3 is 2.44 bits per heavy atom. The van der Waals surface area contributed by atoms with Crippen LogP contribution in [0.5, 0.6) is 11.5 Å². The number of ether oxygens (including phenoxy) is 2. The topological polar surface area (TPSA) is 149 Å². The van der Waals surface area contributed by atoms with Crippen molar-refractivity contribution in [1.29, 1.82) is 0 Å². The fraction of sp³-hybridized carbons (Fsp3) is 0.0833. The van der Waals surface area contributed by atoms with E-state index in [1.165, 1.54) is 36.7 Å². The molecule has 3 aromatic rings. The highest BCUT2D eigenvalue weighted by molar-refractivity contribution is 7.10. The molecule has 0 aliphatic heterocycles. The molecule has 0 aliphatic carbocycles. The zero-order valence-corrected chi connectivity index (χ0v) is 19.9. The molecule has 0 saturated carbocycles. The summed E-state index contributed by atoms with van der Waals surface area (Å²) in [6.45, 7) is 1.15. The van der Waals surface area contributed by atoms with Gasteiger partial charge >= 0.3 is 11.7 Å². The van der Waals surface area contributed by atoms with E-state index in [-0.39, 0.29) is 22.8 Å². The first-order chi connectivity index (χ1) is 17.3. The van der Waals surface area contributed by atoms with Crippen LogP contribution in [0.25, 0.3) is 6.08 Å². The summed E-state index contributed by atoms with van der Waals surface area (Å²) in [4.78, 5) is 48.3. The van der Waals surface area contributed by atoms with Crippen LogP contribution in [-0.4, -0.2) is 36.0 Å². The lowest BCUT2D eigenvalue weighted by atomic mass is 10.1. The Hall–Kier alpha value is -4.84. The smallest absolute Gasteiger partial charge is 0.323 e. The Kier molecular flexibility index (Phi) is 8.62. The third-order valence-corrected chi connectivity index (χ3v) is 5.31. The molecular weight excluding hydrogens is 488 g/mol. The molecule has 184 valence electrons. The highest BCUT2D eigenvalue weighted by atomic mass is 32.1. The largest absolute Gasteiger partial charge is 0.488 e. The van der Waals surface area contributed by atoms with Crippen molar-refractivity contribution in [3.63, 3.8) is 0 Å². The monoisotopic (exact) mass is 508 g/mol. The molecule has 2 N–H and O–H groups in total. The second-order valence-corrected chi connectivity index (χ2v) is 7.96. The van der Waals surface area contributed by atoms with Crippen LogP contribution in [0.4, 0.5) is 5.69 Å². The van der Waals surface area contributed by atoms with Crippen LogP contribution in [0.15, 0.2) is 70.8 Å². The van der Waals surface area contributed by atoms with E-state index in [1.54, 1.807) is 42.5 Å². The molecule has 1 aromatic heterocycles. The van der Waals surface area contributed by atoms with Gasteiger partial charge < -0.3 is 14.8 Å². The third kappa shape index (κ3) is 6.61. The predicted molar refractivity (Wildman–Crippen MR) is 133 cm³/mol. The summed E-state index contributed by atoms with van der Waals surface area (Å²) in [5, 5.41) is 19.8. The molecular formula is C24H20N4O7S. The minimum absolute atomic E-state index is 0.0230. The van der Waals surface area contributed by atoms with Crippen molar-refractivity contribution >= 4 is 47.1 Å². The highest BCUT2D eigenvalue weighted by Gasteiger charge is 2.25. The molecule has 0 spiro atoms. The number of nitro groups is 1. The van der Waals surface area contributed by atoms with Crippen molar-refractivity contribution in [3.05, 3.63) is 91.8 Å². The summed E-state index contributed by atoms with van der Waals surface area (Å²) in [5.74, 6) is -2.35. The first kappa shape index (κ1) is 25.8. The standard InChI is InChI=1S/C24H20N4O7S/c1-15(29)35-20-11-10-17(21(28(32)33)22(20)34-2)14-25-27-24(31)19(13-18-9-6-12-36-18)26-23(30)16-7-4-3-5-8-16/h3-14H,1-2H3,(H,26,30)(H,27,31)/b19-13+,25-14+. The quantitative estimate of drug-likeness (QED) is 0.112. The van der Waals surface area contributed by atoms with Gasteiger partial charge in [0.25, 0.3) is 11.8 Å². The lowest BCUT2D eigenvalue weighted by Gasteiger charge is -2.10. The maximum Gasteiger partial charge on any atom is 0.323 e. The predicted octanol–water partition coefficient (Wildman–Crippen LogP) is 3.51. The van der Waals surface area contributed by atoms with Crippen LogP contribution in [-0.2, 0) is 9.59 Å². The van der Waals surface area contributed by atoms with E-state index >= 15 is 0 Å². The zero-order chi connectivity index (χ0) is 26.1. The number of hydrazone groups is 1. The number of nitro benzene ring substituents is 1. The van der Waals surface area contributed by atoms with Crippen molar-refractivity contribution < 1.29 is 28.8 Å². The fourth-order valence-electron chi connectivity index (χ4n) is 2.97. The van der Waals surface area contributed by atoms with Crippen molar-refractivity contribution in [3.8, 4) is 11.5 Å². The van der Waals surface area contributed by atoms with Gasteiger partial charge in [-0.25, -0.2) is 5.43 Å². The average molecular weight is 509 g/mol. The number of thiophene rings is 1. The minimum atomic E-state index is -0.755. The van der Waals surface area contributed by atoms with E-state index in [1.807, 2.05) is 5.38 Å². The van der Waals surface area contributed by atoms with Gasteiger partial charge in [-0.05, 0) is 41.8 Å². The number of carbonyl (C=O) groups excluding carboxylic acids is 3. The number of nitrogens with zero attached hydrogens (tertiary/aromatic N) is 2. The van der Waals surface area contributed by atoms with Gasteiger partial charge in [0, 0.05) is 17.4 Å². The van der Waals surface area contributed by atoms with E-state index in [9.17, 15) is 24.5 Å². The van der Waals surface area contributed by atoms with Gasteiger partial charge in [-0.15, -0.1) is 11.3 Å². The van der Waals surface area contributed by atoms with Gasteiger partial charge in [-0.3, -0.25) is 24.5 Å². The molecule has 11 nitrogen and oxygen atoms in total. The number of amides is 2. The van der Waals surface area contributed by atoms with Crippen LogP contribution < -0.4 is 20.2 Å². The van der Waals surface area contributed by atoms with Gasteiger partial charge in [0.2, 0.25) is 5.75 Å². The second kappa shape index (κ2) is 12.0. The minimum Gasteiger partial charge on any atom is -0.488 e. The van der Waals surface area contributed by atoms with Crippen LogP contribution in [0.1, 0.15) is 27.7 Å². The van der Waals surface area contributed by atoms with Gasteiger partial charge in [-0.1, -0.05) is 24.3 Å². The number of rotatable bonds is 9. The van der Waals surface area contributed by atoms with Crippen LogP contribution >= 0.6 is 11.3 Å². The van der Waals surface area contributed by atoms with E-state index in [0.717, 1.165) is 13.1 Å². The summed E-state index contributed by atoms with van der Waals surface area (Å²) in [6, 6.07) is 14.5. The Morgan fingerprint density at radius 1 is 1.08 bits per heavy atom. The van der Waals surface area contributed by atoms with Crippen LogP contribution in [0.3, 0.4) is 0 Å². The van der Waals surface area contributed by atoms with Gasteiger partial charge in [-0.2, -0.15) is 5.10 Å². The Balaban J connectivity index is 1.85. The molecule has 2 amide bonds. The molecule has 0 fully saturated rings. The number of esters is 1. The summed E-state index contributed by atoms with van der Waals surface area (Å²) in [5.41, 5.74) is 1.98. The normalized spacial score (nSPS) is 11.1. The van der Waals surface area contributed by atoms with Crippen LogP contribution in [0, 0.1) is 10.1 Å². The van der Waals surface area contributed by atoms with E-state index in [2.05, 4.69) is 15.8 Å². The first-order valence-corrected chi connectivity index (χ1v) is 11.2. The van der Waals surface area contributed by atoms with Crippen molar-refractivity contribution in [2.75, 3.05) is 7.11 Å². The second-order valence-electron chi connectivity index (χ2n) is 6.98. The molecule has 1 heterocycles. The summed E-state index contributed by atoms with van der Waals surface area (Å²) >= 11 is 1.36. The first-order valence-electron chi connectivity index (χ1n) is 10.3. The Labute approximate surface area is 209 Å². The maximum atomic E-state index is 12.8. The van der Waals surface area contributed by atoms with E-state index < -0.39 is 28.4 Å². The number of carbonyl (C=O) groups is 3. The number of hydrogen-bond donors (Lipinski definition) is 2. The summed E-state index contributed by atoms with van der Waals surface area (Å²) in [6.07, 6.45) is 2.52. The van der Waals surface area contributed by atoms with E-state index in [4.69, 9.17) is 9.47 Å². The van der Waals surface area contributed by atoms with Crippen molar-refractivity contribution in [1.82, 2.24) is 10.7 Å². The third-order valence-electron chi connectivity index (χ3n) is 4.50. The van der Waals surface area contributed by atoms with Crippen molar-refractivity contribution in [2.45, 2.75) is 6.92 Å². The molecule has 2 aromatic carbocycles. The van der Waals surface area contributed by atoms with Crippen LogP contribution in [0.2, 0.25) is 0 Å². The van der Waals surface area contributed by atoms with Gasteiger partial charge in [0.05, 0.1) is 23.8 Å². The van der Waals surface area contributed by atoms with Gasteiger partial charge in [0.1, 0.15) is 5.70 Å². The molecule has 0 radical (unpaired) electrons. The van der Waals surface area contributed by atoms with E-state index in [0.29, 0.717) is 10.4 Å². The maximum absolute atomic E-state index is 12.8. The van der Waals surface area contributed by atoms with Gasteiger partial charge in [0.15, 0.2) is 5.75 Å². The Morgan fingerprint density at radius 2 is 1.83 bits per heavy atom. The molecule has 0 atom stereocenters. The lowest BCUT2D eigenvalue weighted by Crippen LogP contribution is -2.32. The number of nitrogens with one attached hydrogen (secondary N) is 2. The number of hydrogen-bond acceptors (Lipinski definition) is 9. The lowest BCUT2D eigenvalue weighted by molar-refractivity contribution is -0.385. The molecule has 0 aliphatic rings. The SMILES string of the molecule is COc1c(OC(C)=O)ccc(/C=N/NC(=O)/C(=C\c2cccs2)NC(=O)c2ccccc2)c1[N+](=O)[O-]. The molecule has 0 unspecified atom stereocenters. The molecule has 3 rings (SSSR count). The molecule has 12 heteroatoms. The number of methoxy groups -OCH3 is 1.